The molecular weight excluding hydrogens is 372 g/mol. The molecule has 4 heteroatoms. The Morgan fingerprint density at radius 3 is 2.40 bits per heavy atom. The summed E-state index contributed by atoms with van der Waals surface area (Å²) >= 11 is 0. The van der Waals surface area contributed by atoms with Gasteiger partial charge in [-0.05, 0) is 63.3 Å². The van der Waals surface area contributed by atoms with Gasteiger partial charge in [-0.3, -0.25) is 4.79 Å². The second kappa shape index (κ2) is 9.55. The van der Waals surface area contributed by atoms with Crippen LogP contribution in [0.15, 0.2) is 42.5 Å². The van der Waals surface area contributed by atoms with Gasteiger partial charge in [-0.25, -0.2) is 0 Å². The van der Waals surface area contributed by atoms with Crippen LogP contribution >= 0.6 is 0 Å². The smallest absolute Gasteiger partial charge is 0.225 e. The number of hydrogen-bond acceptors (Lipinski definition) is 3. The van der Waals surface area contributed by atoms with E-state index in [4.69, 9.17) is 4.74 Å². The van der Waals surface area contributed by atoms with Crippen molar-refractivity contribution in [3.63, 3.8) is 0 Å². The first kappa shape index (κ1) is 20.8. The van der Waals surface area contributed by atoms with Gasteiger partial charge in [-0.1, -0.05) is 49.1 Å². The molecule has 1 heterocycles. The molecule has 30 heavy (non-hydrogen) atoms. The van der Waals surface area contributed by atoms with Crippen LogP contribution in [0, 0.1) is 19.8 Å². The van der Waals surface area contributed by atoms with Crippen molar-refractivity contribution >= 4 is 11.6 Å². The van der Waals surface area contributed by atoms with E-state index < -0.39 is 0 Å². The van der Waals surface area contributed by atoms with Crippen LogP contribution in [-0.2, 0) is 4.79 Å². The summed E-state index contributed by atoms with van der Waals surface area (Å²) in [4.78, 5) is 14.9. The average Bonchev–Trinajstić information content (AvgIpc) is 2.77. The summed E-state index contributed by atoms with van der Waals surface area (Å²) in [6.07, 6.45) is 7.85. The number of amides is 1. The van der Waals surface area contributed by atoms with Crippen molar-refractivity contribution in [3.05, 3.63) is 53.6 Å². The van der Waals surface area contributed by atoms with Crippen LogP contribution in [0.25, 0.3) is 0 Å². The minimum absolute atomic E-state index is 0.273. The molecule has 0 aromatic heterocycles. The fourth-order valence-electron chi connectivity index (χ4n) is 4.78. The fourth-order valence-corrected chi connectivity index (χ4v) is 4.78. The molecule has 1 saturated heterocycles. The minimum atomic E-state index is 0.273. The number of aryl methyl sites for hydroxylation is 2. The predicted molar refractivity (Wildman–Crippen MR) is 122 cm³/mol. The number of nitrogens with zero attached hydrogens (tertiary/aromatic N) is 1. The molecular formula is C26H34N2O2. The average molecular weight is 407 g/mol. The van der Waals surface area contributed by atoms with Crippen LogP contribution in [0.4, 0.5) is 5.69 Å². The molecule has 1 amide bonds. The third-order valence-corrected chi connectivity index (χ3v) is 6.56. The quantitative estimate of drug-likeness (QED) is 0.654. The monoisotopic (exact) mass is 406 g/mol. The van der Waals surface area contributed by atoms with Crippen LogP contribution in [0.1, 0.15) is 56.1 Å². The maximum atomic E-state index is 12.8. The van der Waals surface area contributed by atoms with Gasteiger partial charge in [0, 0.05) is 25.0 Å². The molecule has 1 N–H and O–H groups in total. The number of ether oxygens (including phenoxy) is 1. The number of piperidine rings is 1. The largest absolute Gasteiger partial charge is 0.455 e. The molecule has 4 rings (SSSR count). The number of nitrogens with one attached hydrogen (secondary N) is 1. The van der Waals surface area contributed by atoms with Crippen LogP contribution in [0.3, 0.4) is 0 Å². The number of likely N-dealkylation sites (tertiary alicyclic amines) is 1. The molecule has 0 radical (unpaired) electrons. The second-order valence-electron chi connectivity index (χ2n) is 8.95. The third-order valence-electron chi connectivity index (χ3n) is 6.56. The number of benzene rings is 2. The second-order valence-corrected chi connectivity index (χ2v) is 8.95. The highest BCUT2D eigenvalue weighted by Gasteiger charge is 2.29. The Morgan fingerprint density at radius 2 is 1.67 bits per heavy atom. The highest BCUT2D eigenvalue weighted by molar-refractivity contribution is 5.79. The SMILES string of the molecule is Cc1ccc(Oc2ccccc2NC2CCN(C(=O)C3CCCCC3)CC2)c(C)c1. The lowest BCUT2D eigenvalue weighted by molar-refractivity contribution is -0.137. The van der Waals surface area contributed by atoms with Crippen LogP contribution in [0.5, 0.6) is 11.5 Å². The number of carbonyl (C=O) groups excluding carboxylic acids is 1. The Bertz CT molecular complexity index is 865. The minimum Gasteiger partial charge on any atom is -0.455 e. The van der Waals surface area contributed by atoms with E-state index >= 15 is 0 Å². The van der Waals surface area contributed by atoms with E-state index in [-0.39, 0.29) is 5.92 Å². The molecule has 0 bridgehead atoms. The maximum absolute atomic E-state index is 12.8. The molecule has 2 fully saturated rings. The first-order valence-corrected chi connectivity index (χ1v) is 11.5. The van der Waals surface area contributed by atoms with Gasteiger partial charge >= 0.3 is 0 Å². The molecule has 4 nitrogen and oxygen atoms in total. The normalized spacial score (nSPS) is 18.3. The molecule has 0 unspecified atom stereocenters. The predicted octanol–water partition coefficient (Wildman–Crippen LogP) is 6.08. The van der Waals surface area contributed by atoms with Crippen molar-refractivity contribution in [2.45, 2.75) is 64.8 Å². The van der Waals surface area contributed by atoms with Gasteiger partial charge in [0.2, 0.25) is 5.91 Å². The number of rotatable bonds is 5. The Morgan fingerprint density at radius 1 is 0.933 bits per heavy atom. The van der Waals surface area contributed by atoms with E-state index in [0.717, 1.165) is 61.5 Å². The maximum Gasteiger partial charge on any atom is 0.225 e. The molecule has 0 spiro atoms. The van der Waals surface area contributed by atoms with Crippen molar-refractivity contribution in [3.8, 4) is 11.5 Å². The molecule has 1 saturated carbocycles. The summed E-state index contributed by atoms with van der Waals surface area (Å²) in [6.45, 7) is 5.88. The fraction of sp³-hybridized carbons (Fsp3) is 0.500. The van der Waals surface area contributed by atoms with E-state index in [0.29, 0.717) is 11.9 Å². The van der Waals surface area contributed by atoms with Crippen molar-refractivity contribution in [2.24, 2.45) is 5.92 Å². The zero-order valence-corrected chi connectivity index (χ0v) is 18.3. The summed E-state index contributed by atoms with van der Waals surface area (Å²) in [5, 5.41) is 3.68. The lowest BCUT2D eigenvalue weighted by Gasteiger charge is -2.36. The Labute approximate surface area is 180 Å². The molecule has 2 aromatic carbocycles. The standard InChI is InChI=1S/C26H34N2O2/c1-19-12-13-24(20(2)18-19)30-25-11-7-6-10-23(25)27-22-14-16-28(17-15-22)26(29)21-8-4-3-5-9-21/h6-7,10-13,18,21-22,27H,3-5,8-9,14-17H2,1-2H3. The first-order valence-electron chi connectivity index (χ1n) is 11.5. The van der Waals surface area contributed by atoms with Crippen LogP contribution in [-0.4, -0.2) is 29.9 Å². The highest BCUT2D eigenvalue weighted by atomic mass is 16.5. The Balaban J connectivity index is 1.36. The number of hydrogen-bond donors (Lipinski definition) is 1. The van der Waals surface area contributed by atoms with E-state index in [1.165, 1.54) is 24.8 Å². The molecule has 1 aliphatic carbocycles. The van der Waals surface area contributed by atoms with Gasteiger partial charge in [0.25, 0.3) is 0 Å². The lowest BCUT2D eigenvalue weighted by Crippen LogP contribution is -2.45. The van der Waals surface area contributed by atoms with Gasteiger partial charge in [0.05, 0.1) is 5.69 Å². The van der Waals surface area contributed by atoms with Crippen molar-refractivity contribution < 1.29 is 9.53 Å². The summed E-state index contributed by atoms with van der Waals surface area (Å²) in [7, 11) is 0. The summed E-state index contributed by atoms with van der Waals surface area (Å²) < 4.78 is 6.25. The Kier molecular flexibility index (Phi) is 6.61. The van der Waals surface area contributed by atoms with E-state index in [2.05, 4.69) is 42.3 Å². The zero-order chi connectivity index (χ0) is 20.9. The highest BCUT2D eigenvalue weighted by Crippen LogP contribution is 2.33. The summed E-state index contributed by atoms with van der Waals surface area (Å²) in [5.74, 6) is 2.41. The molecule has 2 aliphatic rings. The van der Waals surface area contributed by atoms with Crippen molar-refractivity contribution in [2.75, 3.05) is 18.4 Å². The summed E-state index contributed by atoms with van der Waals surface area (Å²) in [6, 6.07) is 14.8. The van der Waals surface area contributed by atoms with Gasteiger partial charge in [-0.2, -0.15) is 0 Å². The topological polar surface area (TPSA) is 41.6 Å². The number of carbonyl (C=O) groups is 1. The van der Waals surface area contributed by atoms with Gasteiger partial charge in [0.15, 0.2) is 5.75 Å². The van der Waals surface area contributed by atoms with Crippen molar-refractivity contribution in [1.82, 2.24) is 4.90 Å². The third kappa shape index (κ3) is 4.97. The first-order chi connectivity index (χ1) is 14.6. The molecule has 160 valence electrons. The van der Waals surface area contributed by atoms with Gasteiger partial charge in [-0.15, -0.1) is 0 Å². The van der Waals surface area contributed by atoms with E-state index in [9.17, 15) is 4.79 Å². The van der Waals surface area contributed by atoms with Gasteiger partial charge in [0.1, 0.15) is 5.75 Å². The van der Waals surface area contributed by atoms with E-state index in [1.54, 1.807) is 0 Å². The van der Waals surface area contributed by atoms with E-state index in [1.807, 2.05) is 24.3 Å². The van der Waals surface area contributed by atoms with Crippen molar-refractivity contribution in [1.29, 1.82) is 0 Å². The number of para-hydroxylation sites is 2. The summed E-state index contributed by atoms with van der Waals surface area (Å²) in [5.41, 5.74) is 3.40. The van der Waals surface area contributed by atoms with Crippen LogP contribution in [0.2, 0.25) is 0 Å². The van der Waals surface area contributed by atoms with Gasteiger partial charge < -0.3 is 15.0 Å². The molecule has 2 aromatic rings. The Hall–Kier alpha value is -2.49. The zero-order valence-electron chi connectivity index (χ0n) is 18.3. The van der Waals surface area contributed by atoms with Crippen LogP contribution < -0.4 is 10.1 Å². The molecule has 1 aliphatic heterocycles. The number of anilines is 1. The lowest BCUT2D eigenvalue weighted by atomic mass is 9.87. The molecule has 0 atom stereocenters.